The third-order valence-corrected chi connectivity index (χ3v) is 2.35. The number of amides is 1. The summed E-state index contributed by atoms with van der Waals surface area (Å²) in [6.07, 6.45) is 0.895. The van der Waals surface area contributed by atoms with Crippen molar-refractivity contribution in [1.29, 1.82) is 5.26 Å². The molecule has 2 N–H and O–H groups in total. The van der Waals surface area contributed by atoms with Crippen LogP contribution in [0.4, 0.5) is 5.69 Å². The summed E-state index contributed by atoms with van der Waals surface area (Å²) in [6.45, 7) is 2.77. The Morgan fingerprint density at radius 2 is 2.29 bits per heavy atom. The second-order valence-electron chi connectivity index (χ2n) is 3.51. The van der Waals surface area contributed by atoms with E-state index in [0.29, 0.717) is 22.8 Å². The topological polar surface area (TPSA) is 64.9 Å². The molecule has 0 heterocycles. The molecule has 0 unspecified atom stereocenters. The molecular formula is C12H14ClN3O. The van der Waals surface area contributed by atoms with Gasteiger partial charge in [0.1, 0.15) is 6.07 Å². The first-order valence-electron chi connectivity index (χ1n) is 5.37. The highest BCUT2D eigenvalue weighted by Gasteiger charge is 2.05. The lowest BCUT2D eigenvalue weighted by molar-refractivity contribution is -0.119. The highest BCUT2D eigenvalue weighted by molar-refractivity contribution is 6.30. The number of nitrogens with zero attached hydrogens (tertiary/aromatic N) is 1. The van der Waals surface area contributed by atoms with Crippen LogP contribution in [0.15, 0.2) is 18.2 Å². The van der Waals surface area contributed by atoms with Crippen LogP contribution in [0.5, 0.6) is 0 Å². The Morgan fingerprint density at radius 3 is 2.94 bits per heavy atom. The first-order chi connectivity index (χ1) is 8.17. The van der Waals surface area contributed by atoms with E-state index in [-0.39, 0.29) is 12.5 Å². The van der Waals surface area contributed by atoms with Crippen LogP contribution in [-0.4, -0.2) is 19.0 Å². The standard InChI is InChI=1S/C12H14ClN3O/c1-2-5-15-12(17)8-16-11-6-10(13)4-3-9(11)7-14/h3-4,6,16H,2,5,8H2,1H3,(H,15,17). The van der Waals surface area contributed by atoms with Crippen molar-refractivity contribution >= 4 is 23.2 Å². The lowest BCUT2D eigenvalue weighted by atomic mass is 10.2. The number of carbonyl (C=O) groups is 1. The van der Waals surface area contributed by atoms with Crippen molar-refractivity contribution in [2.45, 2.75) is 13.3 Å². The lowest BCUT2D eigenvalue weighted by Gasteiger charge is -2.08. The van der Waals surface area contributed by atoms with Crippen molar-refractivity contribution in [3.63, 3.8) is 0 Å². The van der Waals surface area contributed by atoms with Gasteiger partial charge < -0.3 is 10.6 Å². The average molecular weight is 252 g/mol. The van der Waals surface area contributed by atoms with Gasteiger partial charge in [0.05, 0.1) is 17.8 Å². The third-order valence-electron chi connectivity index (χ3n) is 2.11. The largest absolute Gasteiger partial charge is 0.375 e. The fourth-order valence-corrected chi connectivity index (χ4v) is 1.43. The van der Waals surface area contributed by atoms with Crippen LogP contribution >= 0.6 is 11.6 Å². The number of hydrogen-bond acceptors (Lipinski definition) is 3. The highest BCUT2D eigenvalue weighted by atomic mass is 35.5. The minimum Gasteiger partial charge on any atom is -0.375 e. The van der Waals surface area contributed by atoms with E-state index in [2.05, 4.69) is 10.6 Å². The van der Waals surface area contributed by atoms with Crippen LogP contribution in [0, 0.1) is 11.3 Å². The van der Waals surface area contributed by atoms with Crippen molar-refractivity contribution < 1.29 is 4.79 Å². The SMILES string of the molecule is CCCNC(=O)CNc1cc(Cl)ccc1C#N. The molecular weight excluding hydrogens is 238 g/mol. The van der Waals surface area contributed by atoms with Crippen LogP contribution in [0.1, 0.15) is 18.9 Å². The van der Waals surface area contributed by atoms with Gasteiger partial charge in [-0.05, 0) is 24.6 Å². The summed E-state index contributed by atoms with van der Waals surface area (Å²) in [6, 6.07) is 6.93. The number of carbonyl (C=O) groups excluding carboxylic acids is 1. The molecule has 1 aromatic rings. The number of benzene rings is 1. The third kappa shape index (κ3) is 4.33. The summed E-state index contributed by atoms with van der Waals surface area (Å²) in [5.74, 6) is -0.101. The molecule has 0 aliphatic carbocycles. The van der Waals surface area contributed by atoms with Crippen molar-refractivity contribution in [3.05, 3.63) is 28.8 Å². The molecule has 90 valence electrons. The number of anilines is 1. The Bertz CT molecular complexity index is 440. The highest BCUT2D eigenvalue weighted by Crippen LogP contribution is 2.19. The van der Waals surface area contributed by atoms with E-state index in [4.69, 9.17) is 16.9 Å². The van der Waals surface area contributed by atoms with Gasteiger partial charge in [0.2, 0.25) is 5.91 Å². The summed E-state index contributed by atoms with van der Waals surface area (Å²) in [7, 11) is 0. The number of rotatable bonds is 5. The van der Waals surface area contributed by atoms with Gasteiger partial charge in [0, 0.05) is 11.6 Å². The Morgan fingerprint density at radius 1 is 1.53 bits per heavy atom. The summed E-state index contributed by atoms with van der Waals surface area (Å²) >= 11 is 5.82. The fraction of sp³-hybridized carbons (Fsp3) is 0.333. The molecule has 0 spiro atoms. The van der Waals surface area contributed by atoms with E-state index in [1.807, 2.05) is 13.0 Å². The van der Waals surface area contributed by atoms with Crippen molar-refractivity contribution in [2.75, 3.05) is 18.4 Å². The van der Waals surface area contributed by atoms with Gasteiger partial charge in [0.15, 0.2) is 0 Å². The molecule has 1 amide bonds. The molecule has 0 saturated carbocycles. The number of nitriles is 1. The zero-order valence-corrected chi connectivity index (χ0v) is 10.3. The fourth-order valence-electron chi connectivity index (χ4n) is 1.26. The maximum atomic E-state index is 11.4. The zero-order valence-electron chi connectivity index (χ0n) is 9.59. The van der Waals surface area contributed by atoms with Crippen LogP contribution in [-0.2, 0) is 4.79 Å². The second kappa shape index (κ2) is 6.77. The van der Waals surface area contributed by atoms with Crippen molar-refractivity contribution in [3.8, 4) is 6.07 Å². The molecule has 1 aromatic carbocycles. The van der Waals surface area contributed by atoms with Gasteiger partial charge in [0.25, 0.3) is 0 Å². The van der Waals surface area contributed by atoms with Gasteiger partial charge in [-0.2, -0.15) is 5.26 Å². The molecule has 4 nitrogen and oxygen atoms in total. The first-order valence-corrected chi connectivity index (χ1v) is 5.75. The van der Waals surface area contributed by atoms with Crippen LogP contribution in [0.25, 0.3) is 0 Å². The van der Waals surface area contributed by atoms with Crippen LogP contribution in [0.2, 0.25) is 5.02 Å². The van der Waals surface area contributed by atoms with E-state index in [1.165, 1.54) is 0 Å². The van der Waals surface area contributed by atoms with E-state index in [0.717, 1.165) is 6.42 Å². The van der Waals surface area contributed by atoms with Gasteiger partial charge >= 0.3 is 0 Å². The first kappa shape index (κ1) is 13.3. The summed E-state index contributed by atoms with van der Waals surface area (Å²) in [4.78, 5) is 11.4. The molecule has 17 heavy (non-hydrogen) atoms. The predicted octanol–water partition coefficient (Wildman–Crippen LogP) is 2.15. The van der Waals surface area contributed by atoms with E-state index in [9.17, 15) is 4.79 Å². The van der Waals surface area contributed by atoms with Gasteiger partial charge in [-0.25, -0.2) is 0 Å². The summed E-state index contributed by atoms with van der Waals surface area (Å²) < 4.78 is 0. The lowest BCUT2D eigenvalue weighted by Crippen LogP contribution is -2.30. The Hall–Kier alpha value is -1.73. The Kier molecular flexibility index (Phi) is 5.31. The molecule has 0 bridgehead atoms. The quantitative estimate of drug-likeness (QED) is 0.843. The van der Waals surface area contributed by atoms with Gasteiger partial charge in [-0.15, -0.1) is 0 Å². The summed E-state index contributed by atoms with van der Waals surface area (Å²) in [5.41, 5.74) is 1.05. The molecule has 0 saturated heterocycles. The predicted molar refractivity (Wildman–Crippen MR) is 68.0 cm³/mol. The Labute approximate surface area is 106 Å². The van der Waals surface area contributed by atoms with E-state index in [1.54, 1.807) is 18.2 Å². The summed E-state index contributed by atoms with van der Waals surface area (Å²) in [5, 5.41) is 15.0. The molecule has 1 rings (SSSR count). The number of nitrogens with one attached hydrogen (secondary N) is 2. The second-order valence-corrected chi connectivity index (χ2v) is 3.94. The van der Waals surface area contributed by atoms with Crippen LogP contribution < -0.4 is 10.6 Å². The molecule has 5 heteroatoms. The van der Waals surface area contributed by atoms with Crippen molar-refractivity contribution in [1.82, 2.24) is 5.32 Å². The van der Waals surface area contributed by atoms with Gasteiger partial charge in [-0.1, -0.05) is 18.5 Å². The molecule has 0 aliphatic heterocycles. The minimum absolute atomic E-state index is 0.101. The van der Waals surface area contributed by atoms with E-state index >= 15 is 0 Å². The molecule has 0 aliphatic rings. The Balaban J connectivity index is 2.60. The minimum atomic E-state index is -0.101. The number of halogens is 1. The zero-order chi connectivity index (χ0) is 12.7. The van der Waals surface area contributed by atoms with E-state index < -0.39 is 0 Å². The molecule has 0 aromatic heterocycles. The monoisotopic (exact) mass is 251 g/mol. The molecule has 0 atom stereocenters. The van der Waals surface area contributed by atoms with Crippen molar-refractivity contribution in [2.24, 2.45) is 0 Å². The van der Waals surface area contributed by atoms with Gasteiger partial charge in [-0.3, -0.25) is 4.79 Å². The molecule has 0 radical (unpaired) electrons. The molecule has 0 fully saturated rings. The number of hydrogen-bond donors (Lipinski definition) is 2. The normalized spacial score (nSPS) is 9.47. The smallest absolute Gasteiger partial charge is 0.239 e. The van der Waals surface area contributed by atoms with Crippen LogP contribution in [0.3, 0.4) is 0 Å². The average Bonchev–Trinajstić information content (AvgIpc) is 2.34. The maximum Gasteiger partial charge on any atom is 0.239 e. The maximum absolute atomic E-state index is 11.4.